The van der Waals surface area contributed by atoms with Gasteiger partial charge in [0.05, 0.1) is 5.75 Å². The van der Waals surface area contributed by atoms with Gasteiger partial charge in [-0.1, -0.05) is 0 Å². The first-order chi connectivity index (χ1) is 8.80. The summed E-state index contributed by atoms with van der Waals surface area (Å²) in [5.74, 6) is -1.06. The van der Waals surface area contributed by atoms with Gasteiger partial charge in [-0.05, 0) is 38.1 Å². The van der Waals surface area contributed by atoms with E-state index in [9.17, 15) is 17.6 Å². The molecule has 0 aromatic heterocycles. The third-order valence-corrected chi connectivity index (χ3v) is 3.75. The number of benzene rings is 1. The van der Waals surface area contributed by atoms with Crippen LogP contribution in [-0.2, 0) is 10.0 Å². The van der Waals surface area contributed by atoms with Gasteiger partial charge in [0.25, 0.3) is 5.91 Å². The third-order valence-electron chi connectivity index (χ3n) is 2.18. The second-order valence-corrected chi connectivity index (χ2v) is 6.23. The number of hydrogen-bond donors (Lipinski definition) is 2. The predicted molar refractivity (Wildman–Crippen MR) is 70.8 cm³/mol. The summed E-state index contributed by atoms with van der Waals surface area (Å²) in [6, 6.07) is 4.84. The highest BCUT2D eigenvalue weighted by Gasteiger charge is 2.12. The van der Waals surface area contributed by atoms with Gasteiger partial charge in [-0.25, -0.2) is 17.5 Å². The Labute approximate surface area is 112 Å². The van der Waals surface area contributed by atoms with E-state index in [-0.39, 0.29) is 23.9 Å². The van der Waals surface area contributed by atoms with E-state index in [1.165, 1.54) is 24.3 Å². The smallest absolute Gasteiger partial charge is 0.251 e. The minimum atomic E-state index is -3.39. The van der Waals surface area contributed by atoms with Crippen LogP contribution >= 0.6 is 0 Å². The second kappa shape index (κ2) is 6.63. The summed E-state index contributed by atoms with van der Waals surface area (Å²) in [6.07, 6.45) is 0. The molecule has 7 heteroatoms. The first kappa shape index (κ1) is 15.6. The maximum Gasteiger partial charge on any atom is 0.251 e. The highest BCUT2D eigenvalue weighted by atomic mass is 32.2. The zero-order valence-electron chi connectivity index (χ0n) is 10.8. The number of sulfonamides is 1. The van der Waals surface area contributed by atoms with Gasteiger partial charge in [0.15, 0.2) is 0 Å². The normalized spacial score (nSPS) is 11.6. The van der Waals surface area contributed by atoms with Gasteiger partial charge in [0.2, 0.25) is 10.0 Å². The molecule has 0 unspecified atom stereocenters. The van der Waals surface area contributed by atoms with Gasteiger partial charge in [-0.2, -0.15) is 0 Å². The quantitative estimate of drug-likeness (QED) is 0.816. The van der Waals surface area contributed by atoms with Crippen molar-refractivity contribution in [2.24, 2.45) is 0 Å². The predicted octanol–water partition coefficient (Wildman–Crippen LogP) is 0.883. The Morgan fingerprint density at radius 1 is 1.26 bits per heavy atom. The van der Waals surface area contributed by atoms with E-state index >= 15 is 0 Å². The van der Waals surface area contributed by atoms with Gasteiger partial charge < -0.3 is 5.32 Å². The zero-order chi connectivity index (χ0) is 14.5. The summed E-state index contributed by atoms with van der Waals surface area (Å²) >= 11 is 0. The lowest BCUT2D eigenvalue weighted by molar-refractivity contribution is 0.0956. The van der Waals surface area contributed by atoms with E-state index in [4.69, 9.17) is 0 Å². The van der Waals surface area contributed by atoms with E-state index < -0.39 is 21.7 Å². The van der Waals surface area contributed by atoms with Crippen molar-refractivity contribution in [1.82, 2.24) is 10.0 Å². The van der Waals surface area contributed by atoms with Crippen LogP contribution in [0.5, 0.6) is 0 Å². The average Bonchev–Trinajstić information content (AvgIpc) is 2.27. The van der Waals surface area contributed by atoms with E-state index in [0.717, 1.165) is 0 Å². The highest BCUT2D eigenvalue weighted by molar-refractivity contribution is 7.89. The zero-order valence-corrected chi connectivity index (χ0v) is 11.6. The van der Waals surface area contributed by atoms with Crippen molar-refractivity contribution in [3.05, 3.63) is 35.6 Å². The number of amides is 1. The minimum absolute atomic E-state index is 0.00172. The van der Waals surface area contributed by atoms with Gasteiger partial charge in [0, 0.05) is 18.2 Å². The largest absolute Gasteiger partial charge is 0.351 e. The third kappa shape index (κ3) is 5.80. The molecule has 0 saturated carbocycles. The number of carbonyl (C=O) groups excluding carboxylic acids is 1. The van der Waals surface area contributed by atoms with Crippen LogP contribution in [0.1, 0.15) is 24.2 Å². The molecule has 0 radical (unpaired) electrons. The second-order valence-electron chi connectivity index (χ2n) is 4.35. The minimum Gasteiger partial charge on any atom is -0.351 e. The molecule has 5 nitrogen and oxygen atoms in total. The molecular formula is C12H17FN2O3S. The molecule has 2 N–H and O–H groups in total. The van der Waals surface area contributed by atoms with E-state index in [0.29, 0.717) is 0 Å². The molecule has 0 atom stereocenters. The van der Waals surface area contributed by atoms with Crippen LogP contribution in [-0.4, -0.2) is 32.7 Å². The Morgan fingerprint density at radius 2 is 1.84 bits per heavy atom. The lowest BCUT2D eigenvalue weighted by Crippen LogP contribution is -2.37. The molecule has 0 aliphatic carbocycles. The molecule has 0 bridgehead atoms. The number of hydrogen-bond acceptors (Lipinski definition) is 3. The molecule has 0 fully saturated rings. The summed E-state index contributed by atoms with van der Waals surface area (Å²) in [4.78, 5) is 11.6. The van der Waals surface area contributed by atoms with Gasteiger partial charge in [0.1, 0.15) is 5.82 Å². The molecule has 0 spiro atoms. The number of nitrogens with one attached hydrogen (secondary N) is 2. The van der Waals surface area contributed by atoms with Gasteiger partial charge >= 0.3 is 0 Å². The Kier molecular flexibility index (Phi) is 5.44. The molecule has 106 valence electrons. The number of carbonyl (C=O) groups is 1. The highest BCUT2D eigenvalue weighted by Crippen LogP contribution is 2.02. The lowest BCUT2D eigenvalue weighted by Gasteiger charge is -2.10. The maximum absolute atomic E-state index is 12.7. The number of halogens is 1. The van der Waals surface area contributed by atoms with Crippen LogP contribution < -0.4 is 10.0 Å². The molecule has 0 aliphatic rings. The lowest BCUT2D eigenvalue weighted by atomic mass is 10.2. The molecule has 19 heavy (non-hydrogen) atoms. The first-order valence-corrected chi connectivity index (χ1v) is 7.49. The van der Waals surface area contributed by atoms with Crippen LogP contribution in [0.2, 0.25) is 0 Å². The fraction of sp³-hybridized carbons (Fsp3) is 0.417. The number of rotatable bonds is 6. The van der Waals surface area contributed by atoms with Crippen molar-refractivity contribution >= 4 is 15.9 Å². The average molecular weight is 288 g/mol. The Bertz CT molecular complexity index is 526. The monoisotopic (exact) mass is 288 g/mol. The van der Waals surface area contributed by atoms with Gasteiger partial charge in [-0.15, -0.1) is 0 Å². The van der Waals surface area contributed by atoms with Crippen LogP contribution in [0.4, 0.5) is 4.39 Å². The Morgan fingerprint density at radius 3 is 2.37 bits per heavy atom. The van der Waals surface area contributed by atoms with Crippen molar-refractivity contribution in [3.63, 3.8) is 0 Å². The molecule has 0 saturated heterocycles. The van der Waals surface area contributed by atoms with Crippen molar-refractivity contribution < 1.29 is 17.6 Å². The standard InChI is InChI=1S/C12H17FN2O3S/c1-9(2)15-19(17,18)8-7-14-12(16)10-3-5-11(13)6-4-10/h3-6,9,15H,7-8H2,1-2H3,(H,14,16). The van der Waals surface area contributed by atoms with Crippen molar-refractivity contribution in [2.75, 3.05) is 12.3 Å². The topological polar surface area (TPSA) is 75.3 Å². The van der Waals surface area contributed by atoms with E-state index in [2.05, 4.69) is 10.0 Å². The van der Waals surface area contributed by atoms with Crippen LogP contribution in [0.3, 0.4) is 0 Å². The SMILES string of the molecule is CC(C)NS(=O)(=O)CCNC(=O)c1ccc(F)cc1. The summed E-state index contributed by atoms with van der Waals surface area (Å²) in [7, 11) is -3.39. The molecule has 0 aliphatic heterocycles. The van der Waals surface area contributed by atoms with E-state index in [1.54, 1.807) is 13.8 Å². The Hall–Kier alpha value is -1.47. The van der Waals surface area contributed by atoms with Crippen molar-refractivity contribution in [2.45, 2.75) is 19.9 Å². The molecule has 1 rings (SSSR count). The molecule has 0 heterocycles. The van der Waals surface area contributed by atoms with Crippen molar-refractivity contribution in [1.29, 1.82) is 0 Å². The van der Waals surface area contributed by atoms with Crippen LogP contribution in [0.15, 0.2) is 24.3 Å². The van der Waals surface area contributed by atoms with Crippen LogP contribution in [0.25, 0.3) is 0 Å². The molecule has 1 amide bonds. The van der Waals surface area contributed by atoms with Gasteiger partial charge in [-0.3, -0.25) is 4.79 Å². The first-order valence-electron chi connectivity index (χ1n) is 5.84. The Balaban J connectivity index is 2.45. The molecule has 1 aromatic rings. The summed E-state index contributed by atoms with van der Waals surface area (Å²) in [6.45, 7) is 3.43. The summed E-state index contributed by atoms with van der Waals surface area (Å²) in [5, 5.41) is 2.47. The maximum atomic E-state index is 12.7. The van der Waals surface area contributed by atoms with E-state index in [1.807, 2.05) is 0 Å². The molecule has 1 aromatic carbocycles. The summed E-state index contributed by atoms with van der Waals surface area (Å²) in [5.41, 5.74) is 0.288. The van der Waals surface area contributed by atoms with Crippen LogP contribution in [0, 0.1) is 5.82 Å². The molecular weight excluding hydrogens is 271 g/mol. The van der Waals surface area contributed by atoms with Crippen molar-refractivity contribution in [3.8, 4) is 0 Å². The fourth-order valence-corrected chi connectivity index (χ4v) is 2.63. The fourth-order valence-electron chi connectivity index (χ4n) is 1.42. The summed E-state index contributed by atoms with van der Waals surface area (Å²) < 4.78 is 38.1.